The molecule has 1 amide bonds. The van der Waals surface area contributed by atoms with Crippen molar-refractivity contribution in [2.24, 2.45) is 5.10 Å². The number of thioether (sulfide) groups is 2. The number of carbonyl (C=O) groups excluding carboxylic acids is 1. The van der Waals surface area contributed by atoms with Crippen LogP contribution in [0.2, 0.25) is 5.02 Å². The second-order valence-electron chi connectivity index (χ2n) is 7.18. The number of nitrogens with zero attached hydrogens (tertiary/aromatic N) is 3. The third-order valence-corrected chi connectivity index (χ3v) is 8.01. The summed E-state index contributed by atoms with van der Waals surface area (Å²) in [5.74, 6) is 1.51. The summed E-state index contributed by atoms with van der Waals surface area (Å²) in [6.45, 7) is 0.488. The van der Waals surface area contributed by atoms with Crippen molar-refractivity contribution in [1.82, 2.24) is 15.6 Å². The number of hydrogen-bond donors (Lipinski definition) is 1. The van der Waals surface area contributed by atoms with E-state index in [1.807, 2.05) is 78.9 Å². The van der Waals surface area contributed by atoms with Crippen LogP contribution in [0, 0.1) is 0 Å². The number of hydrogen-bond acceptors (Lipinski definition) is 8. The molecule has 0 radical (unpaired) electrons. The van der Waals surface area contributed by atoms with Crippen molar-refractivity contribution in [3.05, 3.63) is 101 Å². The Morgan fingerprint density at radius 1 is 0.971 bits per heavy atom. The predicted octanol–water partition coefficient (Wildman–Crippen LogP) is 6.31. The highest BCUT2D eigenvalue weighted by molar-refractivity contribution is 8.03. The summed E-state index contributed by atoms with van der Waals surface area (Å²) in [7, 11) is 0. The third kappa shape index (κ3) is 8.70. The summed E-state index contributed by atoms with van der Waals surface area (Å²) < 4.78 is 7.42. The first kappa shape index (κ1) is 25.2. The first-order chi connectivity index (χ1) is 17.1. The molecule has 4 rings (SSSR count). The molecule has 4 aromatic rings. The third-order valence-electron chi connectivity index (χ3n) is 4.50. The highest BCUT2D eigenvalue weighted by atomic mass is 35.5. The fourth-order valence-corrected chi connectivity index (χ4v) is 5.70. The average molecular weight is 541 g/mol. The Kier molecular flexibility index (Phi) is 9.59. The molecule has 0 unspecified atom stereocenters. The number of ether oxygens (including phenoxy) is 1. The van der Waals surface area contributed by atoms with Crippen molar-refractivity contribution < 1.29 is 9.53 Å². The minimum atomic E-state index is -0.215. The van der Waals surface area contributed by atoms with Crippen LogP contribution < -0.4 is 10.2 Å². The summed E-state index contributed by atoms with van der Waals surface area (Å²) in [4.78, 5) is 12.1. The normalized spacial score (nSPS) is 11.0. The molecule has 1 heterocycles. The van der Waals surface area contributed by atoms with E-state index in [1.54, 1.807) is 18.0 Å². The number of rotatable bonds is 11. The summed E-state index contributed by atoms with van der Waals surface area (Å²) in [6, 6.07) is 25.2. The van der Waals surface area contributed by atoms with Gasteiger partial charge in [-0.25, -0.2) is 5.43 Å². The van der Waals surface area contributed by atoms with E-state index in [-0.39, 0.29) is 11.7 Å². The molecule has 1 aromatic heterocycles. The lowest BCUT2D eigenvalue weighted by molar-refractivity contribution is -0.118. The molecule has 0 atom stereocenters. The van der Waals surface area contributed by atoms with Gasteiger partial charge in [0.05, 0.1) is 12.0 Å². The zero-order chi connectivity index (χ0) is 24.3. The number of carbonyl (C=O) groups is 1. The van der Waals surface area contributed by atoms with E-state index in [0.29, 0.717) is 6.61 Å². The lowest BCUT2D eigenvalue weighted by atomic mass is 10.2. The maximum Gasteiger partial charge on any atom is 0.250 e. The number of halogens is 1. The summed E-state index contributed by atoms with van der Waals surface area (Å²) >= 11 is 10.3. The van der Waals surface area contributed by atoms with Gasteiger partial charge in [0.2, 0.25) is 0 Å². The van der Waals surface area contributed by atoms with E-state index in [1.165, 1.54) is 23.1 Å². The Balaban J connectivity index is 1.18. The van der Waals surface area contributed by atoms with Crippen molar-refractivity contribution >= 4 is 58.6 Å². The molecule has 0 aliphatic carbocycles. The van der Waals surface area contributed by atoms with Gasteiger partial charge in [0, 0.05) is 10.8 Å². The molecule has 6 nitrogen and oxygen atoms in total. The zero-order valence-electron chi connectivity index (χ0n) is 18.5. The maximum absolute atomic E-state index is 12.1. The lowest BCUT2D eigenvalue weighted by Gasteiger charge is -2.06. The molecule has 0 saturated carbocycles. The Bertz CT molecular complexity index is 1270. The van der Waals surface area contributed by atoms with Crippen LogP contribution in [0.25, 0.3) is 0 Å². The second kappa shape index (κ2) is 13.3. The van der Waals surface area contributed by atoms with Gasteiger partial charge in [-0.1, -0.05) is 101 Å². The fraction of sp³-hybridized carbons (Fsp3) is 0.120. The van der Waals surface area contributed by atoms with Gasteiger partial charge in [-0.2, -0.15) is 5.10 Å². The Labute approximate surface area is 221 Å². The lowest BCUT2D eigenvalue weighted by Crippen LogP contribution is -2.19. The smallest absolute Gasteiger partial charge is 0.250 e. The van der Waals surface area contributed by atoms with Crippen LogP contribution in [0.1, 0.15) is 16.7 Å². The van der Waals surface area contributed by atoms with Crippen molar-refractivity contribution in [3.8, 4) is 5.75 Å². The van der Waals surface area contributed by atoms with Crippen LogP contribution >= 0.6 is 46.5 Å². The van der Waals surface area contributed by atoms with Crippen LogP contribution in [0.4, 0.5) is 0 Å². The highest BCUT2D eigenvalue weighted by Gasteiger charge is 2.09. The molecule has 0 fully saturated rings. The van der Waals surface area contributed by atoms with Crippen molar-refractivity contribution in [3.63, 3.8) is 0 Å². The van der Waals surface area contributed by atoms with Gasteiger partial charge in [0.25, 0.3) is 5.91 Å². The van der Waals surface area contributed by atoms with E-state index in [2.05, 4.69) is 20.7 Å². The SMILES string of the molecule is O=C(CSc1nnc(SCc2ccc(Cl)cc2)s1)NN=Cc1cccc(OCc2ccccc2)c1. The van der Waals surface area contributed by atoms with Crippen LogP contribution in [-0.4, -0.2) is 28.1 Å². The van der Waals surface area contributed by atoms with Gasteiger partial charge in [-0.3, -0.25) is 4.79 Å². The molecule has 0 saturated heterocycles. The van der Waals surface area contributed by atoms with Gasteiger partial charge < -0.3 is 4.74 Å². The molecule has 0 spiro atoms. The minimum absolute atomic E-state index is 0.202. The number of hydrazone groups is 1. The molecule has 0 aliphatic rings. The number of amides is 1. The van der Waals surface area contributed by atoms with Gasteiger partial charge in [-0.05, 0) is 41.0 Å². The van der Waals surface area contributed by atoms with Crippen LogP contribution in [0.3, 0.4) is 0 Å². The second-order valence-corrected chi connectivity index (χ2v) is 11.0. The topological polar surface area (TPSA) is 76.5 Å². The monoisotopic (exact) mass is 540 g/mol. The first-order valence-corrected chi connectivity index (χ1v) is 13.7. The van der Waals surface area contributed by atoms with Crippen molar-refractivity contribution in [2.45, 2.75) is 21.0 Å². The Morgan fingerprint density at radius 3 is 2.54 bits per heavy atom. The molecular weight excluding hydrogens is 520 g/mol. The van der Waals surface area contributed by atoms with Crippen LogP contribution in [-0.2, 0) is 17.2 Å². The first-order valence-electron chi connectivity index (χ1n) is 10.6. The average Bonchev–Trinajstić information content (AvgIpc) is 3.35. The maximum atomic E-state index is 12.1. The summed E-state index contributed by atoms with van der Waals surface area (Å²) in [6.07, 6.45) is 1.59. The molecule has 178 valence electrons. The Morgan fingerprint density at radius 2 is 1.74 bits per heavy atom. The van der Waals surface area contributed by atoms with E-state index < -0.39 is 0 Å². The Hall–Kier alpha value is -2.85. The van der Waals surface area contributed by atoms with Gasteiger partial charge in [0.1, 0.15) is 12.4 Å². The van der Waals surface area contributed by atoms with Crippen molar-refractivity contribution in [1.29, 1.82) is 0 Å². The summed E-state index contributed by atoms with van der Waals surface area (Å²) in [5.41, 5.74) is 5.63. The van der Waals surface area contributed by atoms with Crippen molar-refractivity contribution in [2.75, 3.05) is 5.75 Å². The van der Waals surface area contributed by atoms with E-state index in [0.717, 1.165) is 41.9 Å². The summed E-state index contributed by atoms with van der Waals surface area (Å²) in [5, 5.41) is 13.1. The largest absolute Gasteiger partial charge is 0.489 e. The van der Waals surface area contributed by atoms with E-state index >= 15 is 0 Å². The number of aromatic nitrogens is 2. The van der Waals surface area contributed by atoms with Gasteiger partial charge >= 0.3 is 0 Å². The fourth-order valence-electron chi connectivity index (χ4n) is 2.80. The molecular formula is C25H21ClN4O2S3. The molecule has 35 heavy (non-hydrogen) atoms. The predicted molar refractivity (Wildman–Crippen MR) is 145 cm³/mol. The molecule has 0 aliphatic heterocycles. The minimum Gasteiger partial charge on any atom is -0.489 e. The van der Waals surface area contributed by atoms with Crippen LogP contribution in [0.5, 0.6) is 5.75 Å². The van der Waals surface area contributed by atoms with Crippen LogP contribution in [0.15, 0.2) is 92.6 Å². The quantitative estimate of drug-likeness (QED) is 0.136. The van der Waals surface area contributed by atoms with E-state index in [9.17, 15) is 4.79 Å². The van der Waals surface area contributed by atoms with Gasteiger partial charge in [0.15, 0.2) is 8.68 Å². The number of nitrogens with one attached hydrogen (secondary N) is 1. The highest BCUT2D eigenvalue weighted by Crippen LogP contribution is 2.30. The van der Waals surface area contributed by atoms with E-state index in [4.69, 9.17) is 16.3 Å². The molecule has 10 heteroatoms. The number of benzene rings is 3. The zero-order valence-corrected chi connectivity index (χ0v) is 21.7. The molecule has 0 bridgehead atoms. The molecule has 1 N–H and O–H groups in total. The standard InChI is InChI=1S/C25H21ClN4O2S3/c26-21-11-9-19(10-12-21)16-33-24-29-30-25(35-24)34-17-23(31)28-27-14-20-7-4-8-22(13-20)32-15-18-5-2-1-3-6-18/h1-14H,15-17H2,(H,28,31). The van der Waals surface area contributed by atoms with Gasteiger partial charge in [-0.15, -0.1) is 10.2 Å². The molecule has 3 aromatic carbocycles.